The molecule has 1 heterocycles. The summed E-state index contributed by atoms with van der Waals surface area (Å²) in [5.41, 5.74) is 5.83. The van der Waals surface area contributed by atoms with E-state index < -0.39 is 23.3 Å². The number of carbonyl (C=O) groups is 3. The van der Waals surface area contributed by atoms with Gasteiger partial charge < -0.3 is 20.7 Å². The van der Waals surface area contributed by atoms with Gasteiger partial charge in [0.1, 0.15) is 5.75 Å². The standard InChI is InChI=1S/C19H19N3O4/c1-11-4-9-15-14(10-11)22(3)18(25)19(2,26-15)17(24)21-13-7-5-12(6-8-13)16(20)23/h4-10H,1-3H3,(H2,20,23)(H,21,24). The predicted octanol–water partition coefficient (Wildman–Crippen LogP) is 1.85. The number of nitrogens with one attached hydrogen (secondary N) is 1. The van der Waals surface area contributed by atoms with Crippen molar-refractivity contribution >= 4 is 29.1 Å². The molecule has 7 heteroatoms. The summed E-state index contributed by atoms with van der Waals surface area (Å²) in [4.78, 5) is 38.1. The van der Waals surface area contributed by atoms with E-state index in [0.717, 1.165) is 5.56 Å². The number of nitrogens with two attached hydrogens (primary N) is 1. The topological polar surface area (TPSA) is 102 Å². The van der Waals surface area contributed by atoms with E-state index in [4.69, 9.17) is 10.5 Å². The second kappa shape index (κ2) is 6.18. The van der Waals surface area contributed by atoms with Gasteiger partial charge >= 0.3 is 0 Å². The summed E-state index contributed by atoms with van der Waals surface area (Å²) in [5, 5.41) is 2.65. The van der Waals surface area contributed by atoms with Gasteiger partial charge in [0.15, 0.2) is 0 Å². The number of hydrogen-bond donors (Lipinski definition) is 2. The highest BCUT2D eigenvalue weighted by Crippen LogP contribution is 2.38. The minimum atomic E-state index is -1.71. The molecule has 0 aliphatic carbocycles. The molecule has 3 amide bonds. The Hall–Kier alpha value is -3.35. The lowest BCUT2D eigenvalue weighted by molar-refractivity contribution is -0.144. The zero-order valence-electron chi connectivity index (χ0n) is 14.7. The second-order valence-electron chi connectivity index (χ2n) is 6.37. The van der Waals surface area contributed by atoms with Crippen molar-refractivity contribution in [1.82, 2.24) is 0 Å². The highest BCUT2D eigenvalue weighted by atomic mass is 16.5. The Morgan fingerprint density at radius 3 is 2.42 bits per heavy atom. The van der Waals surface area contributed by atoms with Crippen LogP contribution in [0.1, 0.15) is 22.8 Å². The Morgan fingerprint density at radius 1 is 1.15 bits per heavy atom. The minimum Gasteiger partial charge on any atom is -0.465 e. The van der Waals surface area contributed by atoms with Gasteiger partial charge in [-0.1, -0.05) is 6.07 Å². The number of likely N-dealkylation sites (N-methyl/N-ethyl adjacent to an activating group) is 1. The first kappa shape index (κ1) is 17.5. The smallest absolute Gasteiger partial charge is 0.280 e. The van der Waals surface area contributed by atoms with Crippen molar-refractivity contribution in [2.45, 2.75) is 19.4 Å². The van der Waals surface area contributed by atoms with Gasteiger partial charge in [-0.15, -0.1) is 0 Å². The molecule has 3 rings (SSSR count). The van der Waals surface area contributed by atoms with Gasteiger partial charge in [0, 0.05) is 18.3 Å². The predicted molar refractivity (Wildman–Crippen MR) is 97.2 cm³/mol. The van der Waals surface area contributed by atoms with Crippen molar-refractivity contribution in [2.75, 3.05) is 17.3 Å². The number of amides is 3. The third-order valence-electron chi connectivity index (χ3n) is 4.36. The number of rotatable bonds is 3. The molecule has 26 heavy (non-hydrogen) atoms. The minimum absolute atomic E-state index is 0.322. The van der Waals surface area contributed by atoms with Crippen LogP contribution in [0.2, 0.25) is 0 Å². The lowest BCUT2D eigenvalue weighted by atomic mass is 9.99. The van der Waals surface area contributed by atoms with Crippen LogP contribution >= 0.6 is 0 Å². The molecule has 0 bridgehead atoms. The van der Waals surface area contributed by atoms with E-state index in [9.17, 15) is 14.4 Å². The maximum Gasteiger partial charge on any atom is 0.280 e. The fourth-order valence-electron chi connectivity index (χ4n) is 2.78. The molecule has 1 atom stereocenters. The third-order valence-corrected chi connectivity index (χ3v) is 4.36. The number of nitrogens with zero attached hydrogens (tertiary/aromatic N) is 1. The zero-order valence-corrected chi connectivity index (χ0v) is 14.7. The Kier molecular flexibility index (Phi) is 4.15. The van der Waals surface area contributed by atoms with E-state index >= 15 is 0 Å². The van der Waals surface area contributed by atoms with E-state index in [-0.39, 0.29) is 0 Å². The molecular weight excluding hydrogens is 334 g/mol. The quantitative estimate of drug-likeness (QED) is 0.822. The van der Waals surface area contributed by atoms with Gasteiger partial charge in [0.05, 0.1) is 5.69 Å². The molecule has 0 aromatic heterocycles. The Morgan fingerprint density at radius 2 is 1.81 bits per heavy atom. The number of fused-ring (bicyclic) bond motifs is 1. The van der Waals surface area contributed by atoms with Crippen LogP contribution in [-0.4, -0.2) is 30.4 Å². The molecule has 1 aliphatic rings. The van der Waals surface area contributed by atoms with Crippen molar-refractivity contribution in [3.05, 3.63) is 53.6 Å². The molecule has 1 aliphatic heterocycles. The fraction of sp³-hybridized carbons (Fsp3) is 0.211. The molecular formula is C19H19N3O4. The summed E-state index contributed by atoms with van der Waals surface area (Å²) < 4.78 is 5.78. The van der Waals surface area contributed by atoms with Crippen molar-refractivity contribution in [3.8, 4) is 5.75 Å². The number of primary amides is 1. The first-order valence-electron chi connectivity index (χ1n) is 8.01. The van der Waals surface area contributed by atoms with Gasteiger partial charge in [0.25, 0.3) is 17.4 Å². The average molecular weight is 353 g/mol. The first-order valence-corrected chi connectivity index (χ1v) is 8.01. The van der Waals surface area contributed by atoms with Crippen LogP contribution in [0.15, 0.2) is 42.5 Å². The van der Waals surface area contributed by atoms with Crippen LogP contribution in [0.3, 0.4) is 0 Å². The van der Waals surface area contributed by atoms with Gasteiger partial charge in [-0.2, -0.15) is 0 Å². The molecule has 3 N–H and O–H groups in total. The van der Waals surface area contributed by atoms with Crippen molar-refractivity contribution in [2.24, 2.45) is 5.73 Å². The molecule has 2 aromatic carbocycles. The summed E-state index contributed by atoms with van der Waals surface area (Å²) in [5.74, 6) is -1.18. The Labute approximate surface area is 150 Å². The number of hydrogen-bond acceptors (Lipinski definition) is 4. The highest BCUT2D eigenvalue weighted by molar-refractivity contribution is 6.19. The number of benzene rings is 2. The van der Waals surface area contributed by atoms with Crippen LogP contribution in [-0.2, 0) is 9.59 Å². The van der Waals surface area contributed by atoms with Crippen LogP contribution in [0.25, 0.3) is 0 Å². The number of anilines is 2. The molecule has 2 aromatic rings. The molecule has 7 nitrogen and oxygen atoms in total. The molecule has 0 spiro atoms. The molecule has 0 radical (unpaired) electrons. The molecule has 0 fully saturated rings. The summed E-state index contributed by atoms with van der Waals surface area (Å²) in [6.07, 6.45) is 0. The SMILES string of the molecule is Cc1ccc2c(c1)N(C)C(=O)C(C)(C(=O)Nc1ccc(C(N)=O)cc1)O2. The highest BCUT2D eigenvalue weighted by Gasteiger charge is 2.49. The largest absolute Gasteiger partial charge is 0.465 e. The molecule has 134 valence electrons. The summed E-state index contributed by atoms with van der Waals surface area (Å²) in [6, 6.07) is 11.5. The normalized spacial score (nSPS) is 18.7. The maximum absolute atomic E-state index is 12.8. The maximum atomic E-state index is 12.8. The number of aryl methyl sites for hydroxylation is 1. The van der Waals surface area contributed by atoms with Gasteiger partial charge in [-0.3, -0.25) is 14.4 Å². The summed E-state index contributed by atoms with van der Waals surface area (Å²) in [6.45, 7) is 3.34. The van der Waals surface area contributed by atoms with Crippen molar-refractivity contribution in [3.63, 3.8) is 0 Å². The average Bonchev–Trinajstić information content (AvgIpc) is 2.61. The lowest BCUT2D eigenvalue weighted by Crippen LogP contribution is -2.59. The van der Waals surface area contributed by atoms with Gasteiger partial charge in [0.2, 0.25) is 5.91 Å². The van der Waals surface area contributed by atoms with Crippen molar-refractivity contribution < 1.29 is 19.1 Å². The van der Waals surface area contributed by atoms with E-state index in [1.54, 1.807) is 13.1 Å². The van der Waals surface area contributed by atoms with E-state index in [1.165, 1.54) is 36.1 Å². The molecule has 1 unspecified atom stereocenters. The summed E-state index contributed by atoms with van der Waals surface area (Å²) in [7, 11) is 1.61. The van der Waals surface area contributed by atoms with Gasteiger partial charge in [-0.25, -0.2) is 0 Å². The Bertz CT molecular complexity index is 908. The van der Waals surface area contributed by atoms with Gasteiger partial charge in [-0.05, 0) is 55.8 Å². The van der Waals surface area contributed by atoms with Crippen LogP contribution in [0.5, 0.6) is 5.75 Å². The van der Waals surface area contributed by atoms with Crippen LogP contribution < -0.4 is 20.7 Å². The monoisotopic (exact) mass is 353 g/mol. The van der Waals surface area contributed by atoms with E-state index in [0.29, 0.717) is 22.7 Å². The van der Waals surface area contributed by atoms with Crippen molar-refractivity contribution in [1.29, 1.82) is 0 Å². The first-order chi connectivity index (χ1) is 12.2. The number of carbonyl (C=O) groups excluding carboxylic acids is 3. The van der Waals surface area contributed by atoms with Crippen LogP contribution in [0, 0.1) is 6.92 Å². The lowest BCUT2D eigenvalue weighted by Gasteiger charge is -2.38. The molecule has 0 saturated carbocycles. The fourth-order valence-corrected chi connectivity index (χ4v) is 2.78. The second-order valence-corrected chi connectivity index (χ2v) is 6.37. The summed E-state index contributed by atoms with van der Waals surface area (Å²) >= 11 is 0. The third kappa shape index (κ3) is 2.88. The zero-order chi connectivity index (χ0) is 19.1. The molecule has 0 saturated heterocycles. The van der Waals surface area contributed by atoms with Crippen LogP contribution in [0.4, 0.5) is 11.4 Å². The van der Waals surface area contributed by atoms with E-state index in [2.05, 4.69) is 5.32 Å². The van der Waals surface area contributed by atoms with E-state index in [1.807, 2.05) is 19.1 Å². The number of ether oxygens (including phenoxy) is 1. The Balaban J connectivity index is 1.87.